The zero-order valence-electron chi connectivity index (χ0n) is 7.82. The standard InChI is InChI=1S/C8H16N4/c1-3-5-7-8(6-4-2)9-11-12-10-8/h3-7H2,1-2H3. The maximum Gasteiger partial charge on any atom is 0.195 e. The second-order valence-electron chi connectivity index (χ2n) is 3.21. The lowest BCUT2D eigenvalue weighted by Gasteiger charge is -2.17. The van der Waals surface area contributed by atoms with Crippen molar-refractivity contribution < 1.29 is 0 Å². The average molecular weight is 168 g/mol. The smallest absolute Gasteiger partial charge is 0.135 e. The maximum absolute atomic E-state index is 4.09. The highest BCUT2D eigenvalue weighted by molar-refractivity contribution is 4.83. The first-order chi connectivity index (χ1) is 5.83. The molecule has 0 bridgehead atoms. The van der Waals surface area contributed by atoms with E-state index in [-0.39, 0.29) is 5.66 Å². The summed E-state index contributed by atoms with van der Waals surface area (Å²) in [5, 5.41) is 15.4. The molecule has 0 N–H and O–H groups in total. The van der Waals surface area contributed by atoms with Crippen LogP contribution in [-0.2, 0) is 0 Å². The largest absolute Gasteiger partial charge is 0.195 e. The second-order valence-corrected chi connectivity index (χ2v) is 3.21. The fourth-order valence-corrected chi connectivity index (χ4v) is 1.41. The first-order valence-electron chi connectivity index (χ1n) is 4.67. The van der Waals surface area contributed by atoms with Crippen LogP contribution in [0.15, 0.2) is 20.7 Å². The first kappa shape index (κ1) is 9.29. The molecule has 1 aliphatic rings. The van der Waals surface area contributed by atoms with Crippen LogP contribution in [0.4, 0.5) is 0 Å². The van der Waals surface area contributed by atoms with Crippen molar-refractivity contribution >= 4 is 0 Å². The zero-order valence-corrected chi connectivity index (χ0v) is 7.82. The fourth-order valence-electron chi connectivity index (χ4n) is 1.41. The molecule has 0 aromatic rings. The van der Waals surface area contributed by atoms with Crippen LogP contribution in [0.1, 0.15) is 46.0 Å². The topological polar surface area (TPSA) is 49.4 Å². The average Bonchev–Trinajstić information content (AvgIpc) is 2.51. The predicted molar refractivity (Wildman–Crippen MR) is 46.9 cm³/mol. The van der Waals surface area contributed by atoms with Crippen LogP contribution in [0.5, 0.6) is 0 Å². The lowest BCUT2D eigenvalue weighted by molar-refractivity contribution is 0.364. The molecule has 0 unspecified atom stereocenters. The molecule has 4 nitrogen and oxygen atoms in total. The Hall–Kier alpha value is -0.800. The number of nitrogens with zero attached hydrogens (tertiary/aromatic N) is 4. The Bertz CT molecular complexity index is 173. The van der Waals surface area contributed by atoms with Crippen LogP contribution in [0.3, 0.4) is 0 Å². The summed E-state index contributed by atoms with van der Waals surface area (Å²) in [4.78, 5) is 0. The van der Waals surface area contributed by atoms with Crippen molar-refractivity contribution in [2.75, 3.05) is 0 Å². The van der Waals surface area contributed by atoms with E-state index in [1.807, 2.05) is 0 Å². The number of unbranched alkanes of at least 4 members (excludes halogenated alkanes) is 1. The van der Waals surface area contributed by atoms with E-state index >= 15 is 0 Å². The minimum Gasteiger partial charge on any atom is -0.135 e. The summed E-state index contributed by atoms with van der Waals surface area (Å²) < 4.78 is 0. The molecular formula is C8H16N4. The van der Waals surface area contributed by atoms with Gasteiger partial charge in [0.2, 0.25) is 0 Å². The third kappa shape index (κ3) is 2.09. The van der Waals surface area contributed by atoms with Gasteiger partial charge >= 0.3 is 0 Å². The Balaban J connectivity index is 2.48. The van der Waals surface area contributed by atoms with Crippen LogP contribution < -0.4 is 0 Å². The number of rotatable bonds is 5. The summed E-state index contributed by atoms with van der Waals surface area (Å²) in [6.45, 7) is 4.31. The quantitative estimate of drug-likeness (QED) is 0.603. The van der Waals surface area contributed by atoms with Crippen LogP contribution in [0, 0.1) is 0 Å². The number of hydrogen-bond donors (Lipinski definition) is 0. The molecule has 4 heteroatoms. The Labute approximate surface area is 73.2 Å². The van der Waals surface area contributed by atoms with Gasteiger partial charge in [0.1, 0.15) is 0 Å². The van der Waals surface area contributed by atoms with E-state index in [1.165, 1.54) is 6.42 Å². The van der Waals surface area contributed by atoms with Crippen LogP contribution in [0.25, 0.3) is 0 Å². The Morgan fingerprint density at radius 2 is 1.58 bits per heavy atom. The SMILES string of the molecule is CCCCC1(CCC)N=NN=N1. The summed E-state index contributed by atoms with van der Waals surface area (Å²) >= 11 is 0. The monoisotopic (exact) mass is 168 g/mol. The summed E-state index contributed by atoms with van der Waals surface area (Å²) in [5.41, 5.74) is -0.287. The Morgan fingerprint density at radius 3 is 2.08 bits per heavy atom. The van der Waals surface area contributed by atoms with Crippen molar-refractivity contribution in [3.05, 3.63) is 0 Å². The van der Waals surface area contributed by atoms with Gasteiger partial charge in [-0.15, -0.1) is 10.2 Å². The molecule has 0 aromatic heterocycles. The van der Waals surface area contributed by atoms with E-state index in [0.29, 0.717) is 0 Å². The van der Waals surface area contributed by atoms with Crippen molar-refractivity contribution in [2.45, 2.75) is 51.6 Å². The summed E-state index contributed by atoms with van der Waals surface area (Å²) in [6.07, 6.45) is 5.38. The molecule has 12 heavy (non-hydrogen) atoms. The molecule has 1 rings (SSSR count). The lowest BCUT2D eigenvalue weighted by Crippen LogP contribution is -2.20. The van der Waals surface area contributed by atoms with E-state index in [1.54, 1.807) is 0 Å². The van der Waals surface area contributed by atoms with E-state index < -0.39 is 0 Å². The zero-order chi connectivity index (χ0) is 8.86. The van der Waals surface area contributed by atoms with Crippen LogP contribution >= 0.6 is 0 Å². The molecule has 0 aliphatic carbocycles. The molecule has 0 fully saturated rings. The third-order valence-corrected chi connectivity index (χ3v) is 2.08. The van der Waals surface area contributed by atoms with Gasteiger partial charge in [0.25, 0.3) is 0 Å². The van der Waals surface area contributed by atoms with Crippen LogP contribution in [0.2, 0.25) is 0 Å². The van der Waals surface area contributed by atoms with Gasteiger partial charge < -0.3 is 0 Å². The second kappa shape index (κ2) is 4.28. The fraction of sp³-hybridized carbons (Fsp3) is 1.00. The highest BCUT2D eigenvalue weighted by Gasteiger charge is 2.30. The van der Waals surface area contributed by atoms with E-state index in [9.17, 15) is 0 Å². The highest BCUT2D eigenvalue weighted by atomic mass is 15.6. The highest BCUT2D eigenvalue weighted by Crippen LogP contribution is 2.30. The molecule has 0 atom stereocenters. The van der Waals surface area contributed by atoms with E-state index in [2.05, 4.69) is 34.5 Å². The molecule has 68 valence electrons. The van der Waals surface area contributed by atoms with Crippen molar-refractivity contribution in [3.8, 4) is 0 Å². The van der Waals surface area contributed by atoms with E-state index in [4.69, 9.17) is 0 Å². The third-order valence-electron chi connectivity index (χ3n) is 2.08. The van der Waals surface area contributed by atoms with Gasteiger partial charge in [-0.2, -0.15) is 0 Å². The van der Waals surface area contributed by atoms with Gasteiger partial charge in [-0.1, -0.05) is 26.7 Å². The maximum atomic E-state index is 4.09. The summed E-state index contributed by atoms with van der Waals surface area (Å²) in [7, 11) is 0. The van der Waals surface area contributed by atoms with Gasteiger partial charge in [0.05, 0.1) is 0 Å². The molecule has 0 saturated heterocycles. The molecule has 0 spiro atoms. The van der Waals surface area contributed by atoms with Gasteiger partial charge in [-0.05, 0) is 29.7 Å². The molecule has 0 amide bonds. The molecule has 0 radical (unpaired) electrons. The number of hydrogen-bond acceptors (Lipinski definition) is 4. The van der Waals surface area contributed by atoms with Crippen molar-refractivity contribution in [1.82, 2.24) is 0 Å². The normalized spacial score (nSPS) is 18.8. The predicted octanol–water partition coefficient (Wildman–Crippen LogP) is 3.51. The lowest BCUT2D eigenvalue weighted by atomic mass is 9.99. The Morgan fingerprint density at radius 1 is 0.917 bits per heavy atom. The van der Waals surface area contributed by atoms with E-state index in [0.717, 1.165) is 25.7 Å². The van der Waals surface area contributed by atoms with Crippen molar-refractivity contribution in [1.29, 1.82) is 0 Å². The van der Waals surface area contributed by atoms with Crippen molar-refractivity contribution in [2.24, 2.45) is 20.7 Å². The van der Waals surface area contributed by atoms with Crippen molar-refractivity contribution in [3.63, 3.8) is 0 Å². The van der Waals surface area contributed by atoms with Gasteiger partial charge in [0.15, 0.2) is 5.66 Å². The first-order valence-corrected chi connectivity index (χ1v) is 4.67. The summed E-state index contributed by atoms with van der Waals surface area (Å²) in [5.74, 6) is 0. The molecule has 0 saturated carbocycles. The molecule has 1 heterocycles. The minimum absolute atomic E-state index is 0.287. The molecule has 1 aliphatic heterocycles. The van der Waals surface area contributed by atoms with Gasteiger partial charge in [0, 0.05) is 0 Å². The molecule has 0 aromatic carbocycles. The minimum atomic E-state index is -0.287. The van der Waals surface area contributed by atoms with Gasteiger partial charge in [-0.25, -0.2) is 0 Å². The van der Waals surface area contributed by atoms with Gasteiger partial charge in [-0.3, -0.25) is 0 Å². The summed E-state index contributed by atoms with van der Waals surface area (Å²) in [6, 6.07) is 0. The Kier molecular flexibility index (Phi) is 3.31. The molecular weight excluding hydrogens is 152 g/mol. The van der Waals surface area contributed by atoms with Crippen LogP contribution in [-0.4, -0.2) is 5.66 Å².